The lowest BCUT2D eigenvalue weighted by molar-refractivity contribution is -0.275. The lowest BCUT2D eigenvalue weighted by atomic mass is 10.4. The number of hydrogen-bond donors (Lipinski definition) is 1. The first-order valence-corrected chi connectivity index (χ1v) is 10.6. The zero-order valence-electron chi connectivity index (χ0n) is 12.9. The van der Waals surface area contributed by atoms with Crippen LogP contribution in [0.25, 0.3) is 0 Å². The minimum Gasteiger partial charge on any atom is -0.565 e. The fourth-order valence-electron chi connectivity index (χ4n) is 2.11. The molecule has 1 N–H and O–H groups in total. The molecule has 0 heterocycles. The highest BCUT2D eigenvalue weighted by Gasteiger charge is 2.28. The van der Waals surface area contributed by atoms with Crippen molar-refractivity contribution in [3.8, 4) is 0 Å². The van der Waals surface area contributed by atoms with E-state index in [1.54, 1.807) is 0 Å². The van der Waals surface area contributed by atoms with E-state index in [-0.39, 0.29) is 10.9 Å². The lowest BCUT2D eigenvalue weighted by Gasteiger charge is -2.08. The van der Waals surface area contributed by atoms with E-state index in [9.17, 15) is 0 Å². The first-order valence-electron chi connectivity index (χ1n) is 7.18. The summed E-state index contributed by atoms with van der Waals surface area (Å²) in [6, 6.07) is 28.5. The van der Waals surface area contributed by atoms with Gasteiger partial charge in [0.15, 0.2) is 14.7 Å². The van der Waals surface area contributed by atoms with E-state index in [4.69, 9.17) is 15.0 Å². The van der Waals surface area contributed by atoms with Crippen molar-refractivity contribution in [2.75, 3.05) is 0 Å². The summed E-state index contributed by atoms with van der Waals surface area (Å²) < 4.78 is 2.55. The number of carboxylic acid groups (broad SMARTS) is 2. The zero-order chi connectivity index (χ0) is 18.2. The van der Waals surface area contributed by atoms with Crippen LogP contribution in [-0.4, -0.2) is 11.3 Å². The maximum Gasteiger partial charge on any atom is 0.249 e. The van der Waals surface area contributed by atoms with Crippen LogP contribution in [0.4, 0.5) is 4.79 Å². The van der Waals surface area contributed by atoms with Gasteiger partial charge in [0.05, 0.1) is 10.9 Å². The second-order valence-corrected chi connectivity index (χ2v) is 9.31. The van der Waals surface area contributed by atoms with E-state index in [2.05, 4.69) is 124 Å². The Hall–Kier alpha value is -1.26. The summed E-state index contributed by atoms with van der Waals surface area (Å²) >= 11 is 4.71. The fraction of sp³-hybridized carbons (Fsp3) is 0. The summed E-state index contributed by atoms with van der Waals surface area (Å²) in [7, 11) is -0.0378. The molecular weight excluding hydrogens is 562 g/mol. The maximum absolute atomic E-state index is 8.44. The van der Waals surface area contributed by atoms with Gasteiger partial charge in [0.25, 0.3) is 0 Å². The van der Waals surface area contributed by atoms with Gasteiger partial charge < -0.3 is 15.0 Å². The Morgan fingerprint density at radius 2 is 1.04 bits per heavy atom. The third-order valence-electron chi connectivity index (χ3n) is 3.08. The van der Waals surface area contributed by atoms with E-state index in [0.717, 1.165) is 0 Å². The summed E-state index contributed by atoms with van der Waals surface area (Å²) in [4.78, 5) is 12.5. The molecular formula is C19H14I2O3S. The summed E-state index contributed by atoms with van der Waals surface area (Å²) in [5.41, 5.74) is 0. The number of halogens is 2. The molecule has 3 rings (SSSR count). The van der Waals surface area contributed by atoms with Crippen LogP contribution in [0.15, 0.2) is 93.5 Å². The van der Waals surface area contributed by atoms with Crippen molar-refractivity contribution in [3.05, 3.63) is 86.0 Å². The molecule has 0 aliphatic rings. The standard InChI is InChI=1S/C18H13I2S.CH2O3/c19-14-6-10-17(11-7-14)21(16-4-2-1-3-5-16)18-12-8-15(20)9-13-18;2-1(3)4/h1-13H;(H2,2,3,4)/q+1;/p-1. The topological polar surface area (TPSA) is 60.4 Å². The molecule has 3 nitrogen and oxygen atoms in total. The Morgan fingerprint density at radius 1 is 0.720 bits per heavy atom. The highest BCUT2D eigenvalue weighted by atomic mass is 127. The van der Waals surface area contributed by atoms with Gasteiger partial charge in [-0.3, -0.25) is 0 Å². The zero-order valence-corrected chi connectivity index (χ0v) is 18.1. The Kier molecular flexibility index (Phi) is 8.04. The van der Waals surface area contributed by atoms with Crippen molar-refractivity contribution < 1.29 is 15.0 Å². The van der Waals surface area contributed by atoms with Gasteiger partial charge in [0.1, 0.15) is 0 Å². The molecule has 0 aromatic heterocycles. The van der Waals surface area contributed by atoms with E-state index < -0.39 is 6.16 Å². The van der Waals surface area contributed by atoms with Gasteiger partial charge in [-0.2, -0.15) is 0 Å². The number of carbonyl (C=O) groups is 1. The van der Waals surface area contributed by atoms with Crippen LogP contribution in [0, 0.1) is 7.14 Å². The number of benzene rings is 3. The minimum atomic E-state index is -2.08. The monoisotopic (exact) mass is 576 g/mol. The minimum absolute atomic E-state index is 0.0378. The van der Waals surface area contributed by atoms with E-state index in [1.807, 2.05) is 0 Å². The molecule has 6 heteroatoms. The van der Waals surface area contributed by atoms with Gasteiger partial charge in [-0.25, -0.2) is 0 Å². The first kappa shape index (κ1) is 20.1. The number of hydrogen-bond acceptors (Lipinski definition) is 2. The summed E-state index contributed by atoms with van der Waals surface area (Å²) in [6.07, 6.45) is -2.08. The Labute approximate surface area is 176 Å². The molecule has 25 heavy (non-hydrogen) atoms. The quantitative estimate of drug-likeness (QED) is 0.358. The van der Waals surface area contributed by atoms with Crippen LogP contribution in [0.1, 0.15) is 0 Å². The average Bonchev–Trinajstić information content (AvgIpc) is 2.59. The maximum atomic E-state index is 8.44. The van der Waals surface area contributed by atoms with Gasteiger partial charge in [-0.1, -0.05) is 18.2 Å². The molecule has 128 valence electrons. The van der Waals surface area contributed by atoms with Crippen molar-refractivity contribution in [1.82, 2.24) is 0 Å². The van der Waals surface area contributed by atoms with Crippen LogP contribution in [0.2, 0.25) is 0 Å². The van der Waals surface area contributed by atoms with Crippen LogP contribution >= 0.6 is 45.2 Å². The van der Waals surface area contributed by atoms with Crippen molar-refractivity contribution in [1.29, 1.82) is 0 Å². The van der Waals surface area contributed by atoms with Crippen molar-refractivity contribution in [2.45, 2.75) is 14.7 Å². The molecule has 0 aliphatic carbocycles. The second kappa shape index (κ2) is 10.0. The Morgan fingerprint density at radius 3 is 1.40 bits per heavy atom. The third-order valence-corrected chi connectivity index (χ3v) is 6.75. The summed E-state index contributed by atoms with van der Waals surface area (Å²) in [5.74, 6) is 0. The smallest absolute Gasteiger partial charge is 0.249 e. The summed E-state index contributed by atoms with van der Waals surface area (Å²) in [5, 5.41) is 15.3. The molecule has 0 saturated carbocycles. The highest BCUT2D eigenvalue weighted by Crippen LogP contribution is 2.31. The Bertz CT molecular complexity index is 757. The number of rotatable bonds is 3. The van der Waals surface area contributed by atoms with Gasteiger partial charge in [-0.05, 0) is 106 Å². The van der Waals surface area contributed by atoms with Crippen LogP contribution in [0.5, 0.6) is 0 Å². The second-order valence-electron chi connectivity index (χ2n) is 4.79. The largest absolute Gasteiger partial charge is 0.565 e. The van der Waals surface area contributed by atoms with Crippen molar-refractivity contribution in [2.24, 2.45) is 0 Å². The molecule has 0 atom stereocenters. The molecule has 0 spiro atoms. The van der Waals surface area contributed by atoms with Crippen LogP contribution in [-0.2, 0) is 10.9 Å². The molecule has 0 aliphatic heterocycles. The highest BCUT2D eigenvalue weighted by molar-refractivity contribution is 14.1. The van der Waals surface area contributed by atoms with Crippen molar-refractivity contribution in [3.63, 3.8) is 0 Å². The normalized spacial score (nSPS) is 10.0. The molecule has 0 fully saturated rings. The van der Waals surface area contributed by atoms with Crippen LogP contribution in [0.3, 0.4) is 0 Å². The molecule has 0 radical (unpaired) electrons. The fourth-order valence-corrected chi connectivity index (χ4v) is 4.89. The SMILES string of the molecule is Ic1ccc([S+](c2ccccc2)c2ccc(I)cc2)cc1.O=C([O-])O. The van der Waals surface area contributed by atoms with E-state index in [0.29, 0.717) is 0 Å². The lowest BCUT2D eigenvalue weighted by Crippen LogP contribution is -2.17. The molecule has 0 unspecified atom stereocenters. The summed E-state index contributed by atoms with van der Waals surface area (Å²) in [6.45, 7) is 0. The van der Waals surface area contributed by atoms with Crippen molar-refractivity contribution >= 4 is 62.2 Å². The van der Waals surface area contributed by atoms with Crippen LogP contribution < -0.4 is 5.11 Å². The Balaban J connectivity index is 0.000000511. The predicted molar refractivity (Wildman–Crippen MR) is 115 cm³/mol. The molecule has 0 saturated heterocycles. The molecule has 0 bridgehead atoms. The third kappa shape index (κ3) is 6.52. The van der Waals surface area contributed by atoms with E-state index >= 15 is 0 Å². The predicted octanol–water partition coefficient (Wildman–Crippen LogP) is 4.88. The molecule has 0 amide bonds. The van der Waals surface area contributed by atoms with E-state index in [1.165, 1.54) is 21.8 Å². The first-order chi connectivity index (χ1) is 12.0. The average molecular weight is 576 g/mol. The van der Waals surface area contributed by atoms with Gasteiger partial charge in [-0.15, -0.1) is 0 Å². The molecule has 3 aromatic carbocycles. The van der Waals surface area contributed by atoms with Gasteiger partial charge in [0, 0.05) is 7.14 Å². The van der Waals surface area contributed by atoms with Gasteiger partial charge >= 0.3 is 0 Å². The van der Waals surface area contributed by atoms with Gasteiger partial charge in [0.2, 0.25) is 6.16 Å². The molecule has 3 aromatic rings.